The second-order valence-electron chi connectivity index (χ2n) is 7.03. The summed E-state index contributed by atoms with van der Waals surface area (Å²) in [7, 11) is 1.29. The lowest BCUT2D eigenvalue weighted by atomic mass is 10.0. The highest BCUT2D eigenvalue weighted by molar-refractivity contribution is 5.84. The van der Waals surface area contributed by atoms with E-state index in [0.29, 0.717) is 13.2 Å². The van der Waals surface area contributed by atoms with Crippen LogP contribution >= 0.6 is 0 Å². The Balaban J connectivity index is 1.54. The van der Waals surface area contributed by atoms with Crippen molar-refractivity contribution in [2.45, 2.75) is 37.7 Å². The van der Waals surface area contributed by atoms with Gasteiger partial charge >= 0.3 is 5.97 Å². The number of hydrogen-bond donors (Lipinski definition) is 0. The Kier molecular flexibility index (Phi) is 5.89. The molecule has 0 aliphatic carbocycles. The van der Waals surface area contributed by atoms with Crippen LogP contribution in [0.4, 0.5) is 0 Å². The number of morpholine rings is 1. The van der Waals surface area contributed by atoms with Crippen molar-refractivity contribution >= 4 is 11.9 Å². The van der Waals surface area contributed by atoms with E-state index in [9.17, 15) is 9.59 Å². The van der Waals surface area contributed by atoms with E-state index in [2.05, 4.69) is 0 Å². The first-order chi connectivity index (χ1) is 14.2. The van der Waals surface area contributed by atoms with Crippen molar-refractivity contribution in [3.8, 4) is 0 Å². The van der Waals surface area contributed by atoms with E-state index in [1.807, 2.05) is 60.7 Å². The number of amides is 1. The Morgan fingerprint density at radius 1 is 1.00 bits per heavy atom. The number of carbonyl (C=O) groups is 2. The molecule has 2 aliphatic heterocycles. The molecule has 0 unspecified atom stereocenters. The summed E-state index contributed by atoms with van der Waals surface area (Å²) in [6, 6.07) is 18.9. The minimum atomic E-state index is -1.10. The highest BCUT2D eigenvalue weighted by Crippen LogP contribution is 2.33. The van der Waals surface area contributed by atoms with Gasteiger partial charge in [-0.1, -0.05) is 60.7 Å². The molecule has 152 valence electrons. The Morgan fingerprint density at radius 2 is 1.66 bits per heavy atom. The number of esters is 1. The SMILES string of the molecule is COC(=O)[C@H]1O[C@@H]2O[C@@H]1[C@@H](COCc1ccccc1)N(Cc1ccccc1)C2=O. The summed E-state index contributed by atoms with van der Waals surface area (Å²) in [6.45, 7) is 0.985. The van der Waals surface area contributed by atoms with Crippen molar-refractivity contribution in [2.24, 2.45) is 0 Å². The Labute approximate surface area is 169 Å². The van der Waals surface area contributed by atoms with Crippen molar-refractivity contribution in [3.63, 3.8) is 0 Å². The number of ether oxygens (including phenoxy) is 4. The number of fused-ring (bicyclic) bond motifs is 2. The molecule has 7 heteroatoms. The predicted molar refractivity (Wildman–Crippen MR) is 102 cm³/mol. The lowest BCUT2D eigenvalue weighted by Gasteiger charge is -2.38. The van der Waals surface area contributed by atoms with Crippen LogP contribution in [0.15, 0.2) is 60.7 Å². The third kappa shape index (κ3) is 4.17. The minimum Gasteiger partial charge on any atom is -0.467 e. The summed E-state index contributed by atoms with van der Waals surface area (Å²) in [5, 5.41) is 0. The van der Waals surface area contributed by atoms with Crippen molar-refractivity contribution in [1.29, 1.82) is 0 Å². The monoisotopic (exact) mass is 397 g/mol. The standard InChI is InChI=1S/C22H23NO6/c1-26-21(25)19-18-17(14-27-13-16-10-6-3-7-11-16)23(20(24)22(28-18)29-19)12-15-8-4-2-5-9-15/h2-11,17-19,22H,12-14H2,1H3/t17-,18-,19+,22+/m1/s1. The van der Waals surface area contributed by atoms with E-state index < -0.39 is 30.5 Å². The Bertz CT molecular complexity index is 843. The molecule has 2 saturated heterocycles. The normalized spacial score (nSPS) is 25.8. The molecule has 2 fully saturated rings. The first kappa shape index (κ1) is 19.6. The van der Waals surface area contributed by atoms with Crippen LogP contribution in [0, 0.1) is 0 Å². The Hall–Kier alpha value is -2.74. The molecule has 0 N–H and O–H groups in total. The maximum absolute atomic E-state index is 13.0. The summed E-state index contributed by atoms with van der Waals surface area (Å²) in [5.74, 6) is -0.871. The average Bonchev–Trinajstić information content (AvgIpc) is 3.17. The molecule has 0 saturated carbocycles. The maximum atomic E-state index is 13.0. The molecule has 1 amide bonds. The first-order valence-corrected chi connectivity index (χ1v) is 9.52. The van der Waals surface area contributed by atoms with E-state index in [1.54, 1.807) is 4.90 Å². The van der Waals surface area contributed by atoms with Gasteiger partial charge in [0.05, 0.1) is 26.4 Å². The van der Waals surface area contributed by atoms with Gasteiger partial charge in [-0.25, -0.2) is 4.79 Å². The van der Waals surface area contributed by atoms with Crippen LogP contribution in [0.25, 0.3) is 0 Å². The molecule has 2 aromatic rings. The number of nitrogens with zero attached hydrogens (tertiary/aromatic N) is 1. The highest BCUT2D eigenvalue weighted by atomic mass is 16.8. The van der Waals surface area contributed by atoms with E-state index in [1.165, 1.54) is 7.11 Å². The molecule has 29 heavy (non-hydrogen) atoms. The van der Waals surface area contributed by atoms with Crippen LogP contribution in [-0.2, 0) is 41.7 Å². The van der Waals surface area contributed by atoms with Crippen LogP contribution in [0.2, 0.25) is 0 Å². The third-order valence-corrected chi connectivity index (χ3v) is 5.14. The van der Waals surface area contributed by atoms with Gasteiger partial charge in [0.15, 0.2) is 6.10 Å². The molecule has 4 atom stereocenters. The van der Waals surface area contributed by atoms with Crippen molar-refractivity contribution in [3.05, 3.63) is 71.8 Å². The molecule has 2 aliphatic rings. The van der Waals surface area contributed by atoms with Gasteiger partial charge < -0.3 is 23.8 Å². The quantitative estimate of drug-likeness (QED) is 0.665. The van der Waals surface area contributed by atoms with Gasteiger partial charge in [-0.2, -0.15) is 0 Å². The van der Waals surface area contributed by atoms with Crippen molar-refractivity contribution in [2.75, 3.05) is 13.7 Å². The molecule has 0 radical (unpaired) electrons. The zero-order valence-electron chi connectivity index (χ0n) is 16.1. The van der Waals surface area contributed by atoms with Crippen molar-refractivity contribution < 1.29 is 28.5 Å². The molecular weight excluding hydrogens is 374 g/mol. The van der Waals surface area contributed by atoms with Crippen LogP contribution in [0.3, 0.4) is 0 Å². The second kappa shape index (κ2) is 8.73. The topological polar surface area (TPSA) is 74.3 Å². The number of benzene rings is 2. The Morgan fingerprint density at radius 3 is 2.31 bits per heavy atom. The largest absolute Gasteiger partial charge is 0.467 e. The van der Waals surface area contributed by atoms with Crippen molar-refractivity contribution in [1.82, 2.24) is 4.90 Å². The van der Waals surface area contributed by atoms with Crippen LogP contribution in [0.5, 0.6) is 0 Å². The predicted octanol–water partition coefficient (Wildman–Crippen LogP) is 1.90. The number of hydrogen-bond acceptors (Lipinski definition) is 6. The highest BCUT2D eigenvalue weighted by Gasteiger charge is 2.56. The van der Waals surface area contributed by atoms with E-state index in [4.69, 9.17) is 18.9 Å². The van der Waals surface area contributed by atoms with Gasteiger partial charge in [-0.05, 0) is 11.1 Å². The lowest BCUT2D eigenvalue weighted by Crippen LogP contribution is -2.58. The third-order valence-electron chi connectivity index (χ3n) is 5.14. The van der Waals surface area contributed by atoms with Gasteiger partial charge in [0.1, 0.15) is 6.10 Å². The molecule has 2 bridgehead atoms. The van der Waals surface area contributed by atoms with E-state index in [0.717, 1.165) is 11.1 Å². The lowest BCUT2D eigenvalue weighted by molar-refractivity contribution is -0.183. The second-order valence-corrected chi connectivity index (χ2v) is 7.03. The van der Waals surface area contributed by atoms with Gasteiger partial charge in [0.2, 0.25) is 6.29 Å². The molecular formula is C22H23NO6. The smallest absolute Gasteiger partial charge is 0.337 e. The number of carbonyl (C=O) groups excluding carboxylic acids is 2. The summed E-state index contributed by atoms with van der Waals surface area (Å²) >= 11 is 0. The van der Waals surface area contributed by atoms with Gasteiger partial charge in [0, 0.05) is 6.54 Å². The van der Waals surface area contributed by atoms with Gasteiger partial charge in [-0.3, -0.25) is 4.79 Å². The average molecular weight is 397 g/mol. The minimum absolute atomic E-state index is 0.210. The summed E-state index contributed by atoms with van der Waals surface area (Å²) in [4.78, 5) is 26.8. The van der Waals surface area contributed by atoms with E-state index >= 15 is 0 Å². The van der Waals surface area contributed by atoms with E-state index in [-0.39, 0.29) is 12.5 Å². The fourth-order valence-corrected chi connectivity index (χ4v) is 3.68. The molecule has 7 nitrogen and oxygen atoms in total. The van der Waals surface area contributed by atoms with Gasteiger partial charge in [0.25, 0.3) is 5.91 Å². The first-order valence-electron chi connectivity index (χ1n) is 9.52. The zero-order valence-corrected chi connectivity index (χ0v) is 16.1. The van der Waals surface area contributed by atoms with Gasteiger partial charge in [-0.15, -0.1) is 0 Å². The summed E-state index contributed by atoms with van der Waals surface area (Å²) < 4.78 is 22.0. The number of methoxy groups -OCH3 is 1. The maximum Gasteiger partial charge on any atom is 0.337 e. The number of rotatable bonds is 7. The fourth-order valence-electron chi connectivity index (χ4n) is 3.68. The summed E-state index contributed by atoms with van der Waals surface area (Å²) in [5.41, 5.74) is 2.00. The van der Waals surface area contributed by atoms with Crippen LogP contribution in [-0.4, -0.2) is 55.0 Å². The van der Waals surface area contributed by atoms with Crippen LogP contribution < -0.4 is 0 Å². The molecule has 0 spiro atoms. The molecule has 4 rings (SSSR count). The summed E-state index contributed by atoms with van der Waals surface area (Å²) in [6.07, 6.45) is -2.71. The molecule has 2 aromatic carbocycles. The fraction of sp³-hybridized carbons (Fsp3) is 0.364. The van der Waals surface area contributed by atoms with Crippen LogP contribution in [0.1, 0.15) is 11.1 Å². The zero-order chi connectivity index (χ0) is 20.2. The molecule has 2 heterocycles. The molecule has 0 aromatic heterocycles.